The third kappa shape index (κ3) is 3.87. The molecule has 0 atom stereocenters. The van der Waals surface area contributed by atoms with E-state index in [0.717, 1.165) is 13.1 Å². The van der Waals surface area contributed by atoms with Gasteiger partial charge in [0, 0.05) is 37.4 Å². The van der Waals surface area contributed by atoms with Crippen LogP contribution in [0.2, 0.25) is 0 Å². The van der Waals surface area contributed by atoms with Crippen molar-refractivity contribution < 1.29 is 14.7 Å². The SMILES string of the molecule is CC(C)c1ccc(N2CCN(C(=O)c3ccc(C(=O)O)cc3)CC2)cc1. The van der Waals surface area contributed by atoms with Crippen molar-refractivity contribution in [2.75, 3.05) is 31.1 Å². The van der Waals surface area contributed by atoms with Crippen LogP contribution in [0.15, 0.2) is 48.5 Å². The Morgan fingerprint density at radius 2 is 1.38 bits per heavy atom. The van der Waals surface area contributed by atoms with Crippen LogP contribution in [-0.2, 0) is 0 Å². The largest absolute Gasteiger partial charge is 0.478 e. The minimum absolute atomic E-state index is 0.0447. The van der Waals surface area contributed by atoms with Crippen LogP contribution in [0.1, 0.15) is 46.0 Å². The molecule has 2 aromatic rings. The zero-order valence-electron chi connectivity index (χ0n) is 15.2. The highest BCUT2D eigenvalue weighted by molar-refractivity contribution is 5.96. The summed E-state index contributed by atoms with van der Waals surface area (Å²) in [7, 11) is 0. The van der Waals surface area contributed by atoms with Crippen molar-refractivity contribution in [2.24, 2.45) is 0 Å². The predicted molar refractivity (Wildman–Crippen MR) is 102 cm³/mol. The number of carbonyl (C=O) groups excluding carboxylic acids is 1. The van der Waals surface area contributed by atoms with E-state index in [1.54, 1.807) is 12.1 Å². The Hall–Kier alpha value is -2.82. The van der Waals surface area contributed by atoms with Gasteiger partial charge in [0.05, 0.1) is 5.56 Å². The number of nitrogens with zero attached hydrogens (tertiary/aromatic N) is 2. The van der Waals surface area contributed by atoms with Crippen molar-refractivity contribution in [1.29, 1.82) is 0 Å². The Morgan fingerprint density at radius 1 is 0.846 bits per heavy atom. The topological polar surface area (TPSA) is 60.9 Å². The summed E-state index contributed by atoms with van der Waals surface area (Å²) in [5, 5.41) is 8.95. The number of hydrogen-bond acceptors (Lipinski definition) is 3. The summed E-state index contributed by atoms with van der Waals surface area (Å²) in [5.41, 5.74) is 3.24. The first-order chi connectivity index (χ1) is 12.5. The minimum Gasteiger partial charge on any atom is -0.478 e. The molecule has 26 heavy (non-hydrogen) atoms. The van der Waals surface area contributed by atoms with Gasteiger partial charge in [-0.15, -0.1) is 0 Å². The molecule has 0 radical (unpaired) electrons. The zero-order chi connectivity index (χ0) is 18.7. The van der Waals surface area contributed by atoms with Gasteiger partial charge in [-0.1, -0.05) is 26.0 Å². The van der Waals surface area contributed by atoms with E-state index in [2.05, 4.69) is 43.0 Å². The molecule has 3 rings (SSSR count). The molecule has 5 nitrogen and oxygen atoms in total. The van der Waals surface area contributed by atoms with Crippen LogP contribution in [0, 0.1) is 0 Å². The molecule has 1 amide bonds. The molecule has 0 spiro atoms. The normalized spacial score (nSPS) is 14.6. The quantitative estimate of drug-likeness (QED) is 0.915. The molecular weight excluding hydrogens is 328 g/mol. The first kappa shape index (κ1) is 18.0. The standard InChI is InChI=1S/C21H24N2O3/c1-15(2)16-7-9-19(10-8-16)22-11-13-23(14-12-22)20(24)17-3-5-18(6-4-17)21(25)26/h3-10,15H,11-14H2,1-2H3,(H,25,26). The van der Waals surface area contributed by atoms with Crippen molar-refractivity contribution >= 4 is 17.6 Å². The molecule has 1 aliphatic heterocycles. The Labute approximate surface area is 153 Å². The molecule has 1 saturated heterocycles. The fourth-order valence-corrected chi connectivity index (χ4v) is 3.18. The molecule has 2 aromatic carbocycles. The van der Waals surface area contributed by atoms with Crippen LogP contribution in [-0.4, -0.2) is 48.1 Å². The summed E-state index contributed by atoms with van der Waals surface area (Å²) in [6.07, 6.45) is 0. The molecule has 1 heterocycles. The molecule has 1 aliphatic rings. The summed E-state index contributed by atoms with van der Waals surface area (Å²) in [6, 6.07) is 14.8. The molecule has 1 N–H and O–H groups in total. The van der Waals surface area contributed by atoms with E-state index in [4.69, 9.17) is 5.11 Å². The first-order valence-electron chi connectivity index (χ1n) is 8.93. The van der Waals surface area contributed by atoms with Crippen molar-refractivity contribution in [1.82, 2.24) is 4.90 Å². The second kappa shape index (κ2) is 7.60. The van der Waals surface area contributed by atoms with Gasteiger partial charge in [0.15, 0.2) is 0 Å². The van der Waals surface area contributed by atoms with Crippen LogP contribution in [0.25, 0.3) is 0 Å². The molecule has 5 heteroatoms. The van der Waals surface area contributed by atoms with E-state index in [1.807, 2.05) is 4.90 Å². The maximum Gasteiger partial charge on any atom is 0.335 e. The lowest BCUT2D eigenvalue weighted by atomic mass is 10.0. The molecular formula is C21H24N2O3. The highest BCUT2D eigenvalue weighted by Gasteiger charge is 2.22. The van der Waals surface area contributed by atoms with Crippen molar-refractivity contribution in [3.8, 4) is 0 Å². The van der Waals surface area contributed by atoms with Gasteiger partial charge >= 0.3 is 5.97 Å². The number of rotatable bonds is 4. The van der Waals surface area contributed by atoms with Crippen LogP contribution in [0.3, 0.4) is 0 Å². The molecule has 0 saturated carbocycles. The average molecular weight is 352 g/mol. The lowest BCUT2D eigenvalue weighted by Gasteiger charge is -2.36. The summed E-state index contributed by atoms with van der Waals surface area (Å²) >= 11 is 0. The Morgan fingerprint density at radius 3 is 1.88 bits per heavy atom. The fourth-order valence-electron chi connectivity index (χ4n) is 3.18. The van der Waals surface area contributed by atoms with E-state index < -0.39 is 5.97 Å². The van der Waals surface area contributed by atoms with Crippen molar-refractivity contribution in [3.05, 3.63) is 65.2 Å². The van der Waals surface area contributed by atoms with Gasteiger partial charge in [0.1, 0.15) is 0 Å². The number of aromatic carboxylic acids is 1. The number of carboxylic acid groups (broad SMARTS) is 1. The van der Waals surface area contributed by atoms with Gasteiger partial charge < -0.3 is 14.9 Å². The summed E-state index contributed by atoms with van der Waals surface area (Å²) in [6.45, 7) is 7.27. The number of amides is 1. The number of carboxylic acids is 1. The number of piperazine rings is 1. The van der Waals surface area contributed by atoms with Gasteiger partial charge in [0.2, 0.25) is 0 Å². The lowest BCUT2D eigenvalue weighted by molar-refractivity contribution is 0.0693. The number of anilines is 1. The van der Waals surface area contributed by atoms with E-state index >= 15 is 0 Å². The van der Waals surface area contributed by atoms with Gasteiger partial charge in [-0.25, -0.2) is 4.79 Å². The second-order valence-electron chi connectivity index (χ2n) is 6.91. The van der Waals surface area contributed by atoms with E-state index in [9.17, 15) is 9.59 Å². The molecule has 0 bridgehead atoms. The van der Waals surface area contributed by atoms with E-state index in [-0.39, 0.29) is 11.5 Å². The smallest absolute Gasteiger partial charge is 0.335 e. The van der Waals surface area contributed by atoms with Crippen molar-refractivity contribution in [3.63, 3.8) is 0 Å². The van der Waals surface area contributed by atoms with Gasteiger partial charge in [0.25, 0.3) is 5.91 Å². The van der Waals surface area contributed by atoms with E-state index in [0.29, 0.717) is 24.6 Å². The summed E-state index contributed by atoms with van der Waals surface area (Å²) in [5.74, 6) is -0.510. The number of hydrogen-bond donors (Lipinski definition) is 1. The Kier molecular flexibility index (Phi) is 5.26. The monoisotopic (exact) mass is 352 g/mol. The number of benzene rings is 2. The fraction of sp³-hybridized carbons (Fsp3) is 0.333. The zero-order valence-corrected chi connectivity index (χ0v) is 15.2. The molecule has 0 aromatic heterocycles. The van der Waals surface area contributed by atoms with Gasteiger partial charge in [-0.2, -0.15) is 0 Å². The predicted octanol–water partition coefficient (Wildman–Crippen LogP) is 3.47. The van der Waals surface area contributed by atoms with Crippen LogP contribution < -0.4 is 4.90 Å². The summed E-state index contributed by atoms with van der Waals surface area (Å²) < 4.78 is 0. The minimum atomic E-state index is -0.985. The lowest BCUT2D eigenvalue weighted by Crippen LogP contribution is -2.48. The van der Waals surface area contributed by atoms with Crippen LogP contribution in [0.4, 0.5) is 5.69 Å². The highest BCUT2D eigenvalue weighted by Crippen LogP contribution is 2.21. The third-order valence-electron chi connectivity index (χ3n) is 4.87. The molecule has 0 aliphatic carbocycles. The molecule has 0 unspecified atom stereocenters. The maximum absolute atomic E-state index is 12.6. The first-order valence-corrected chi connectivity index (χ1v) is 8.93. The van der Waals surface area contributed by atoms with Gasteiger partial charge in [-0.05, 0) is 47.9 Å². The van der Waals surface area contributed by atoms with Crippen molar-refractivity contribution in [2.45, 2.75) is 19.8 Å². The Bertz CT molecular complexity index is 774. The third-order valence-corrected chi connectivity index (χ3v) is 4.87. The van der Waals surface area contributed by atoms with Crippen LogP contribution >= 0.6 is 0 Å². The Balaban J connectivity index is 1.60. The van der Waals surface area contributed by atoms with E-state index in [1.165, 1.54) is 23.4 Å². The van der Waals surface area contributed by atoms with Crippen LogP contribution in [0.5, 0.6) is 0 Å². The second-order valence-corrected chi connectivity index (χ2v) is 6.91. The van der Waals surface area contributed by atoms with Gasteiger partial charge in [-0.3, -0.25) is 4.79 Å². The number of carbonyl (C=O) groups is 2. The maximum atomic E-state index is 12.6. The highest BCUT2D eigenvalue weighted by atomic mass is 16.4. The average Bonchev–Trinajstić information content (AvgIpc) is 2.67. The molecule has 136 valence electrons. The molecule has 1 fully saturated rings. The summed E-state index contributed by atoms with van der Waals surface area (Å²) in [4.78, 5) is 27.6.